The SMILES string of the molecule is c1ccc(-c2ccc3c(c2)Oc2cccc4c2B3c2ccc(-c3ccccc3)cc2O4)cc1.c1ccc(N2c3ccccc3B3c4cc5c(cc4N(c4ccccc4)c4cccc2c43)N(c2ccccc2)c2cccc3c2B5c2ccccc2N3c2ccccc2)cc1.c1ccc(N2c3ccccc3B3c4ccccc4N(c4ccccc4)c4cccc2c43)cc1.c1ccc2c(c1)Sc1cccc3c1B2c1ccccc1S3. The van der Waals surface area contributed by atoms with E-state index in [-0.39, 0.29) is 26.9 Å². The monoisotopic (exact) mass is 1910 g/mol. The highest BCUT2D eigenvalue weighted by Gasteiger charge is 2.51. The minimum Gasteiger partial charge on any atom is -0.458 e. The topological polar surface area (TPSA) is 37.9 Å². The third kappa shape index (κ3) is 14.1. The highest BCUT2D eigenvalue weighted by Crippen LogP contribution is 2.52. The lowest BCUT2D eigenvalue weighted by molar-refractivity contribution is 0.464. The summed E-state index contributed by atoms with van der Waals surface area (Å²) in [7, 11) is 0. The number of para-hydroxylation sites is 10. The van der Waals surface area contributed by atoms with Crippen LogP contribution in [-0.4, -0.2) is 33.6 Å². The van der Waals surface area contributed by atoms with Crippen molar-refractivity contribution in [3.8, 4) is 45.3 Å². The summed E-state index contributed by atoms with van der Waals surface area (Å²) in [5, 5.41) is 0. The Morgan fingerprint density at radius 3 is 0.701 bits per heavy atom. The molecule has 32 rings (SSSR count). The molecule has 0 radical (unpaired) electrons. The molecule has 0 spiro atoms. The molecular weight excluding hydrogens is 1820 g/mol. The number of rotatable bonds is 8. The fourth-order valence-corrected chi connectivity index (χ4v) is 27.0. The lowest BCUT2D eigenvalue weighted by Crippen LogP contribution is -2.65. The highest BCUT2D eigenvalue weighted by atomic mass is 32.2. The van der Waals surface area contributed by atoms with Gasteiger partial charge in [0, 0.05) is 127 Å². The molecule has 0 amide bonds. The van der Waals surface area contributed by atoms with Crippen molar-refractivity contribution in [3.05, 3.63) is 528 Å². The van der Waals surface area contributed by atoms with Crippen LogP contribution in [-0.2, 0) is 0 Å². The smallest absolute Gasteiger partial charge is 0.260 e. The van der Waals surface area contributed by atoms with Crippen LogP contribution in [0.4, 0.5) is 102 Å². The van der Waals surface area contributed by atoms with Crippen LogP contribution < -0.4 is 121 Å². The molecule has 10 aliphatic heterocycles. The van der Waals surface area contributed by atoms with E-state index in [4.69, 9.17) is 9.47 Å². The summed E-state index contributed by atoms with van der Waals surface area (Å²) in [6, 6.07) is 191. The van der Waals surface area contributed by atoms with Gasteiger partial charge >= 0.3 is 0 Å². The quantitative estimate of drug-likeness (QED) is 0.137. The molecule has 0 bridgehead atoms. The molecule has 0 N–H and O–H groups in total. The number of fused-ring (bicyclic) bond motifs is 20. The van der Waals surface area contributed by atoms with E-state index >= 15 is 0 Å². The van der Waals surface area contributed by atoms with Crippen LogP contribution in [0.1, 0.15) is 0 Å². The van der Waals surface area contributed by atoms with Crippen molar-refractivity contribution >= 4 is 241 Å². The van der Waals surface area contributed by atoms with Crippen LogP contribution in [0.25, 0.3) is 22.3 Å². The summed E-state index contributed by atoms with van der Waals surface area (Å²) in [5.41, 5.74) is 46.1. The maximum atomic E-state index is 6.41. The Balaban J connectivity index is 0.0000000998. The van der Waals surface area contributed by atoms with E-state index in [9.17, 15) is 0 Å². The Hall–Kier alpha value is -17.7. The van der Waals surface area contributed by atoms with Crippen LogP contribution >= 0.6 is 23.5 Å². The Bertz CT molecular complexity index is 8480. The summed E-state index contributed by atoms with van der Waals surface area (Å²) in [6.07, 6.45) is 0. The molecule has 0 atom stereocenters. The average Bonchev–Trinajstić information content (AvgIpc) is 0.679. The fourth-order valence-electron chi connectivity index (χ4n) is 24.6. The second kappa shape index (κ2) is 35.7. The summed E-state index contributed by atoms with van der Waals surface area (Å²) < 4.78 is 12.8. The van der Waals surface area contributed by atoms with Crippen LogP contribution in [0.3, 0.4) is 0 Å². The van der Waals surface area contributed by atoms with E-state index in [1.807, 2.05) is 53.9 Å². The summed E-state index contributed by atoms with van der Waals surface area (Å²) in [4.78, 5) is 20.4. The Kier molecular flexibility index (Phi) is 20.9. The standard InChI is InChI=1S/C54H36B2N4.C30H21BN2.C30H19BO2.C18H11BS2/c1-5-19-37(20-6-1)57-45-29-15-13-27-41(45)55-43-35-44-52(36-51(43)59(39-23-9-3-10-24-39)49-33-17-31-47(57)53(49)55)60(40-25-11-4-12-26-40)50-34-18-32-48-54(50)56(44)42-28-14-16-30-46(42)58(48)38-21-7-2-8-22-38;1-3-12-22(13-4-1)32-26-18-9-7-16-24(26)31-25-17-8-10-19-27(25)33(23-14-5-2-6-15-23)29-21-11-20-28(32)30(29)31;1-3-8-20(9-4-1)22-14-16-24-28(18-22)32-26-12-7-13-27-30(26)31(24)25-17-15-23(19-29(25)33-27)21-10-5-2-6-11-21;1-3-8-14-12(6-1)19-13-7-2-4-9-15(13)21-17-11-5-10-16(20-14)18(17)19/h1-36H;1-21H;1-19H;1-11H. The van der Waals surface area contributed by atoms with Crippen molar-refractivity contribution in [1.82, 2.24) is 0 Å². The molecule has 0 saturated carbocycles. The largest absolute Gasteiger partial charge is 0.458 e. The van der Waals surface area contributed by atoms with Crippen LogP contribution in [0.15, 0.2) is 547 Å². The molecule has 147 heavy (non-hydrogen) atoms. The fraction of sp³-hybridized carbons (Fsp3) is 0. The molecule has 10 heterocycles. The highest BCUT2D eigenvalue weighted by molar-refractivity contribution is 8.01. The van der Waals surface area contributed by atoms with Crippen molar-refractivity contribution < 1.29 is 9.47 Å². The van der Waals surface area contributed by atoms with Crippen molar-refractivity contribution in [2.45, 2.75) is 19.6 Å². The first-order valence-electron chi connectivity index (χ1n) is 50.6. The maximum Gasteiger partial charge on any atom is 0.260 e. The Morgan fingerprint density at radius 1 is 0.136 bits per heavy atom. The third-order valence-corrected chi connectivity index (χ3v) is 33.0. The number of ether oxygens (including phenoxy) is 2. The van der Waals surface area contributed by atoms with Gasteiger partial charge in [-0.2, -0.15) is 0 Å². The van der Waals surface area contributed by atoms with Crippen molar-refractivity contribution in [2.24, 2.45) is 0 Å². The van der Waals surface area contributed by atoms with Gasteiger partial charge in [0.15, 0.2) is 0 Å². The van der Waals surface area contributed by atoms with Crippen molar-refractivity contribution in [3.63, 3.8) is 0 Å². The molecule has 0 aromatic heterocycles. The van der Waals surface area contributed by atoms with E-state index in [1.54, 1.807) is 0 Å². The normalized spacial score (nSPS) is 13.5. The van der Waals surface area contributed by atoms with Crippen molar-refractivity contribution in [2.75, 3.05) is 29.4 Å². The summed E-state index contributed by atoms with van der Waals surface area (Å²) in [6.45, 7) is 0.691. The van der Waals surface area contributed by atoms with Gasteiger partial charge < -0.3 is 38.9 Å². The molecule has 22 aromatic rings. The van der Waals surface area contributed by atoms with E-state index < -0.39 is 0 Å². The van der Waals surface area contributed by atoms with Crippen LogP contribution in [0, 0.1) is 0 Å². The molecular formula is C132H87B5N6O2S2. The second-order valence-corrected chi connectivity index (χ2v) is 40.8. The molecule has 0 saturated heterocycles. The van der Waals surface area contributed by atoms with Crippen LogP contribution in [0.5, 0.6) is 23.0 Å². The number of hydrogen-bond donors (Lipinski definition) is 0. The van der Waals surface area contributed by atoms with E-state index in [0.717, 1.165) is 62.3 Å². The lowest BCUT2D eigenvalue weighted by Gasteiger charge is -2.47. The molecule has 22 aromatic carbocycles. The predicted molar refractivity (Wildman–Crippen MR) is 622 cm³/mol. The molecule has 15 heteroatoms. The second-order valence-electron chi connectivity index (χ2n) is 38.6. The number of nitrogens with zero attached hydrogens (tertiary/aromatic N) is 6. The Morgan fingerprint density at radius 2 is 0.374 bits per heavy atom. The molecule has 684 valence electrons. The first kappa shape index (κ1) is 86.0. The van der Waals surface area contributed by atoms with Gasteiger partial charge in [0.2, 0.25) is 6.71 Å². The Labute approximate surface area is 866 Å². The number of anilines is 18. The van der Waals surface area contributed by atoms with Crippen LogP contribution in [0.2, 0.25) is 0 Å². The maximum absolute atomic E-state index is 6.41. The van der Waals surface area contributed by atoms with E-state index in [1.165, 1.54) is 187 Å². The average molecular weight is 1910 g/mol. The molecule has 0 aliphatic carbocycles. The first-order valence-corrected chi connectivity index (χ1v) is 52.2. The van der Waals surface area contributed by atoms with Gasteiger partial charge in [0.25, 0.3) is 26.9 Å². The summed E-state index contributed by atoms with van der Waals surface area (Å²) >= 11 is 3.82. The molecule has 0 fully saturated rings. The van der Waals surface area contributed by atoms with Gasteiger partial charge in [0.1, 0.15) is 23.0 Å². The first-order chi connectivity index (χ1) is 73.0. The van der Waals surface area contributed by atoms with Gasteiger partial charge in [-0.25, -0.2) is 0 Å². The van der Waals surface area contributed by atoms with Gasteiger partial charge in [-0.1, -0.05) is 374 Å². The number of benzene rings is 22. The van der Waals surface area contributed by atoms with E-state index in [2.05, 4.69) is 527 Å². The van der Waals surface area contributed by atoms with Gasteiger partial charge in [-0.3, -0.25) is 0 Å². The summed E-state index contributed by atoms with van der Waals surface area (Å²) in [5.74, 6) is 3.55. The van der Waals surface area contributed by atoms with Gasteiger partial charge in [-0.15, -0.1) is 0 Å². The van der Waals surface area contributed by atoms with Gasteiger partial charge in [0.05, 0.1) is 0 Å². The molecule has 10 aliphatic rings. The number of hydrogen-bond acceptors (Lipinski definition) is 10. The zero-order valence-electron chi connectivity index (χ0n) is 79.9. The molecule has 8 nitrogen and oxygen atoms in total. The zero-order chi connectivity index (χ0) is 96.7. The van der Waals surface area contributed by atoms with E-state index in [0.29, 0.717) is 6.71 Å². The predicted octanol–water partition coefficient (Wildman–Crippen LogP) is 24.5. The molecule has 0 unspecified atom stereocenters. The third-order valence-electron chi connectivity index (χ3n) is 30.6. The minimum atomic E-state index is 0.00842. The minimum absolute atomic E-state index is 0.00842. The zero-order valence-corrected chi connectivity index (χ0v) is 81.6. The van der Waals surface area contributed by atoms with Gasteiger partial charge in [-0.05, 0) is 276 Å². The van der Waals surface area contributed by atoms with Crippen molar-refractivity contribution in [1.29, 1.82) is 0 Å². The lowest BCUT2D eigenvalue weighted by atomic mass is 9.30.